The van der Waals surface area contributed by atoms with Gasteiger partial charge in [0.2, 0.25) is 0 Å². The molecule has 3 nitrogen and oxygen atoms in total. The molecule has 2 heterocycles. The summed E-state index contributed by atoms with van der Waals surface area (Å²) in [5.41, 5.74) is 2.13. The molecule has 0 spiro atoms. The number of rotatable bonds is 4. The summed E-state index contributed by atoms with van der Waals surface area (Å²) in [5, 5.41) is 11.9. The maximum atomic E-state index is 13.1. The van der Waals surface area contributed by atoms with Crippen LogP contribution < -0.4 is 10.4 Å². The van der Waals surface area contributed by atoms with E-state index in [0.29, 0.717) is 10.6 Å². The Morgan fingerprint density at radius 2 is 1.75 bits per heavy atom. The quantitative estimate of drug-likeness (QED) is 0.543. The van der Waals surface area contributed by atoms with Crippen molar-refractivity contribution in [1.29, 1.82) is 5.41 Å². The summed E-state index contributed by atoms with van der Waals surface area (Å²) in [6, 6.07) is 10.1. The Bertz CT molecular complexity index is 1340. The molecule has 0 aliphatic carbocycles. The van der Waals surface area contributed by atoms with E-state index in [1.165, 1.54) is 6.92 Å². The molecule has 0 amide bonds. The molecule has 170 valence electrons. The Morgan fingerprint density at radius 1 is 1.06 bits per heavy atom. The van der Waals surface area contributed by atoms with E-state index in [2.05, 4.69) is 47.5 Å². The molecule has 6 heteroatoms. The number of nitrogens with zero attached hydrogens (tertiary/aromatic N) is 2. The number of nitrogens with one attached hydrogen (secondary N) is 1. The van der Waals surface area contributed by atoms with E-state index in [9.17, 15) is 13.2 Å². The van der Waals surface area contributed by atoms with Crippen molar-refractivity contribution >= 4 is 22.8 Å². The third-order valence-electron chi connectivity index (χ3n) is 6.42. The van der Waals surface area contributed by atoms with Gasteiger partial charge in [-0.05, 0) is 61.9 Å². The number of alkyl halides is 3. The summed E-state index contributed by atoms with van der Waals surface area (Å²) in [6.07, 6.45) is -0.668. The summed E-state index contributed by atoms with van der Waals surface area (Å²) in [6.45, 7) is 10.9. The van der Waals surface area contributed by atoms with Crippen LogP contribution in [-0.2, 0) is 0 Å². The minimum Gasteiger partial charge on any atom is -0.336 e. The maximum absolute atomic E-state index is 13.1. The molecule has 0 aliphatic rings. The van der Waals surface area contributed by atoms with Gasteiger partial charge in [-0.1, -0.05) is 44.5 Å². The zero-order valence-corrected chi connectivity index (χ0v) is 19.4. The highest BCUT2D eigenvalue weighted by Gasteiger charge is 2.40. The van der Waals surface area contributed by atoms with E-state index in [1.54, 1.807) is 13.1 Å². The molecule has 32 heavy (non-hydrogen) atoms. The lowest BCUT2D eigenvalue weighted by Gasteiger charge is -2.26. The molecule has 3 rings (SSSR count). The largest absolute Gasteiger partial charge is 0.391 e. The molecule has 0 radical (unpaired) electrons. The van der Waals surface area contributed by atoms with Gasteiger partial charge in [-0.15, -0.1) is 0 Å². The SMILES string of the molecule is Cc1ccc2c(c1)c(=C=N)c(=c1ccc(=CC(C)C(C)C(C)C(F)(F)F)cn1)n2C(C)C. The molecule has 2 aromatic heterocycles. The highest BCUT2D eigenvalue weighted by Crippen LogP contribution is 2.35. The Kier molecular flexibility index (Phi) is 6.66. The van der Waals surface area contributed by atoms with E-state index >= 15 is 0 Å². The summed E-state index contributed by atoms with van der Waals surface area (Å²) in [4.78, 5) is 4.63. The second kappa shape index (κ2) is 8.95. The monoisotopic (exact) mass is 441 g/mol. The number of hydrogen-bond donors (Lipinski definition) is 1. The molecular formula is C26H30F3N3. The van der Waals surface area contributed by atoms with Gasteiger partial charge in [-0.25, -0.2) is 0 Å². The second-order valence-electron chi connectivity index (χ2n) is 9.02. The Morgan fingerprint density at radius 3 is 2.28 bits per heavy atom. The van der Waals surface area contributed by atoms with Gasteiger partial charge in [-0.3, -0.25) is 10.4 Å². The van der Waals surface area contributed by atoms with Gasteiger partial charge in [-0.2, -0.15) is 13.2 Å². The predicted molar refractivity (Wildman–Crippen MR) is 123 cm³/mol. The average Bonchev–Trinajstić information content (AvgIpc) is 3.06. The summed E-state index contributed by atoms with van der Waals surface area (Å²) in [5.74, 6) is 0.429. The molecule has 0 saturated carbocycles. The van der Waals surface area contributed by atoms with Gasteiger partial charge in [0, 0.05) is 17.6 Å². The Hall–Kier alpha value is -2.85. The van der Waals surface area contributed by atoms with Gasteiger partial charge in [0.1, 0.15) is 0 Å². The highest BCUT2D eigenvalue weighted by molar-refractivity contribution is 5.85. The van der Waals surface area contributed by atoms with Gasteiger partial charge >= 0.3 is 6.18 Å². The molecule has 3 unspecified atom stereocenters. The van der Waals surface area contributed by atoms with E-state index in [-0.39, 0.29) is 12.0 Å². The molecule has 0 fully saturated rings. The van der Waals surface area contributed by atoms with Crippen molar-refractivity contribution < 1.29 is 13.2 Å². The lowest BCUT2D eigenvalue weighted by molar-refractivity contribution is -0.184. The standard InChI is InChI=1S/C26H30F3N3/c1-15(2)32-24-10-7-16(3)11-21(24)22(13-30)25(32)23-9-8-20(14-31-23)12-17(4)18(5)19(6)26(27,28)29/h7-12,14-15,17-19,30H,1-6H3. The van der Waals surface area contributed by atoms with Crippen molar-refractivity contribution in [2.45, 2.75) is 53.8 Å². The van der Waals surface area contributed by atoms with Crippen molar-refractivity contribution in [3.05, 3.63) is 63.2 Å². The van der Waals surface area contributed by atoms with Crippen LogP contribution in [-0.4, -0.2) is 21.6 Å². The highest BCUT2D eigenvalue weighted by atomic mass is 19.4. The first-order chi connectivity index (χ1) is 15.0. The number of hydrogen-bond acceptors (Lipinski definition) is 2. The van der Waals surface area contributed by atoms with E-state index in [4.69, 9.17) is 5.41 Å². The normalized spacial score (nSPS) is 16.9. The second-order valence-corrected chi connectivity index (χ2v) is 9.02. The van der Waals surface area contributed by atoms with Crippen LogP contribution in [0.15, 0.2) is 36.5 Å². The minimum atomic E-state index is -4.20. The van der Waals surface area contributed by atoms with Gasteiger partial charge in [0.25, 0.3) is 0 Å². The van der Waals surface area contributed by atoms with Gasteiger partial charge in [0.05, 0.1) is 27.4 Å². The number of aryl methyl sites for hydroxylation is 1. The van der Waals surface area contributed by atoms with Crippen LogP contribution in [0, 0.1) is 40.8 Å². The fourth-order valence-electron chi connectivity index (χ4n) is 4.20. The fourth-order valence-corrected chi connectivity index (χ4v) is 4.20. The molecule has 1 N–H and O–H groups in total. The zero-order valence-electron chi connectivity index (χ0n) is 19.4. The van der Waals surface area contributed by atoms with Crippen LogP contribution in [0.3, 0.4) is 0 Å². The molecule has 0 aliphatic heterocycles. The number of halogens is 3. The topological polar surface area (TPSA) is 41.7 Å². The Labute approximate surface area is 186 Å². The van der Waals surface area contributed by atoms with Crippen molar-refractivity contribution in [3.8, 4) is 0 Å². The van der Waals surface area contributed by atoms with Crippen molar-refractivity contribution in [2.24, 2.45) is 17.8 Å². The van der Waals surface area contributed by atoms with Crippen LogP contribution in [0.25, 0.3) is 17.0 Å². The van der Waals surface area contributed by atoms with Crippen LogP contribution in [0.2, 0.25) is 0 Å². The molecule has 0 bridgehead atoms. The Balaban J connectivity index is 2.21. The van der Waals surface area contributed by atoms with Crippen LogP contribution >= 0.6 is 0 Å². The molecule has 0 saturated heterocycles. The first kappa shape index (κ1) is 23.8. The van der Waals surface area contributed by atoms with Crippen LogP contribution in [0.5, 0.6) is 0 Å². The van der Waals surface area contributed by atoms with E-state index in [1.807, 2.05) is 32.1 Å². The number of benzene rings is 1. The third-order valence-corrected chi connectivity index (χ3v) is 6.42. The number of aromatic nitrogens is 2. The van der Waals surface area contributed by atoms with Gasteiger partial charge in [0.15, 0.2) is 0 Å². The van der Waals surface area contributed by atoms with E-state index in [0.717, 1.165) is 27.0 Å². The molecule has 3 aromatic rings. The summed E-state index contributed by atoms with van der Waals surface area (Å²) in [7, 11) is 0. The van der Waals surface area contributed by atoms with Crippen molar-refractivity contribution in [1.82, 2.24) is 9.55 Å². The summed E-state index contributed by atoms with van der Waals surface area (Å²) >= 11 is 0. The fraction of sp³-hybridized carbons (Fsp3) is 0.423. The van der Waals surface area contributed by atoms with Gasteiger partial charge < -0.3 is 4.57 Å². The molecule has 3 atom stereocenters. The zero-order chi connectivity index (χ0) is 23.8. The first-order valence-corrected chi connectivity index (χ1v) is 10.9. The third kappa shape index (κ3) is 4.51. The number of fused-ring (bicyclic) bond motifs is 1. The predicted octanol–water partition coefficient (Wildman–Crippen LogP) is 5.38. The van der Waals surface area contributed by atoms with Crippen molar-refractivity contribution in [2.75, 3.05) is 0 Å². The smallest absolute Gasteiger partial charge is 0.336 e. The van der Waals surface area contributed by atoms with Crippen LogP contribution in [0.4, 0.5) is 13.2 Å². The maximum Gasteiger partial charge on any atom is 0.391 e. The van der Waals surface area contributed by atoms with Crippen molar-refractivity contribution in [3.63, 3.8) is 0 Å². The first-order valence-electron chi connectivity index (χ1n) is 10.9. The van der Waals surface area contributed by atoms with E-state index < -0.39 is 18.0 Å². The molecule has 1 aromatic carbocycles. The lowest BCUT2D eigenvalue weighted by Crippen LogP contribution is -2.29. The minimum absolute atomic E-state index is 0.148. The number of pyridine rings is 1. The molecular weight excluding hydrogens is 411 g/mol. The lowest BCUT2D eigenvalue weighted by atomic mass is 9.84. The van der Waals surface area contributed by atoms with Crippen LogP contribution in [0.1, 0.15) is 46.2 Å². The summed E-state index contributed by atoms with van der Waals surface area (Å²) < 4.78 is 41.4. The average molecular weight is 442 g/mol.